The van der Waals surface area contributed by atoms with Crippen LogP contribution in [0.1, 0.15) is 247 Å². The lowest BCUT2D eigenvalue weighted by Crippen LogP contribution is -2.24. The first kappa shape index (κ1) is 121. The average molecular weight is 2030 g/mol. The van der Waals surface area contributed by atoms with Gasteiger partial charge in [0.05, 0.1) is 0 Å². The Morgan fingerprint density at radius 2 is 0.444 bits per heavy atom. The molecule has 0 saturated heterocycles. The van der Waals surface area contributed by atoms with Crippen LogP contribution in [0, 0.1) is 83.1 Å². The predicted molar refractivity (Wildman–Crippen MR) is 636 cm³/mol. The van der Waals surface area contributed by atoms with E-state index >= 15 is 0 Å². The van der Waals surface area contributed by atoms with Gasteiger partial charge in [0.25, 0.3) is 0 Å². The quantitative estimate of drug-likeness (QED) is 0.0239. The van der Waals surface area contributed by atoms with Crippen LogP contribution in [-0.2, 0) is 60.9 Å². The van der Waals surface area contributed by atoms with E-state index in [9.17, 15) is 30.6 Å². The molecule has 0 aliphatic rings. The standard InChI is InChI=1S/C25H38NOP.2C22H32NOP.C19H26NOP.2C18H24NOP/c1-10-26(9)16-18-13-11-12-17(2)23(18)28-21-15-19(24(3,4)5)14-20(22(21)27)25(6,7)8;1-8-23(7)14-17-11-9-10-16(3)21(17)25-19-13-15(2)12-18(20(19)24)22(4,5)6;1-8-23(7)14-17-11-9-10-15(2)21(17)25-19-13-18(22(4,5)6)12-16(3)20(19)24;1-6-20(5)12-16-9-7-8-14(3)19(16)22-17-11-13(2)10-15(4)18(17)21;1-5-19(4)12-15-10-6-9-14(3)18(15)21-16-11-7-8-13(2)17(16)20;1-5-19(4)12-15-8-6-7-14(3)18(15)21-17-11-13(2)9-10-16(17)20/h11-15,27-28H,10,16H2,1-9H3;2*9-13,24-25H,8,14H2,1-7H3;7-11,21-22H,6,12H2,1-5H3;2*6-11,20-21H,5,12H2,1-4H3. The number of hydrogen-bond acceptors (Lipinski definition) is 12. The van der Waals surface area contributed by atoms with Crippen molar-refractivity contribution in [1.29, 1.82) is 0 Å². The minimum absolute atomic E-state index is 0.0456. The number of benzene rings is 12. The van der Waals surface area contributed by atoms with Crippen LogP contribution in [0.15, 0.2) is 194 Å². The second kappa shape index (κ2) is 55.5. The van der Waals surface area contributed by atoms with Gasteiger partial charge in [0.15, 0.2) is 0 Å². The maximum absolute atomic E-state index is 11.2. The van der Waals surface area contributed by atoms with Gasteiger partial charge in [0.1, 0.15) is 34.5 Å². The van der Waals surface area contributed by atoms with Crippen molar-refractivity contribution < 1.29 is 30.6 Å². The Bertz CT molecular complexity index is 6020. The zero-order valence-electron chi connectivity index (χ0n) is 93.3. The van der Waals surface area contributed by atoms with E-state index in [2.05, 4.69) is 416 Å². The Kier molecular flexibility index (Phi) is 47.2. The van der Waals surface area contributed by atoms with E-state index in [0.717, 1.165) is 138 Å². The van der Waals surface area contributed by atoms with Gasteiger partial charge < -0.3 is 60.0 Å². The van der Waals surface area contributed by atoms with E-state index in [0.29, 0.717) is 86.0 Å². The normalized spacial score (nSPS) is 12.2. The first-order valence-electron chi connectivity index (χ1n) is 50.7. The van der Waals surface area contributed by atoms with E-state index < -0.39 is 0 Å². The summed E-state index contributed by atoms with van der Waals surface area (Å²) in [5, 5.41) is 78.0. The monoisotopic (exact) mass is 2030 g/mol. The van der Waals surface area contributed by atoms with E-state index in [-0.39, 0.29) is 21.7 Å². The number of aryl methyl sites for hydroxylation is 12. The van der Waals surface area contributed by atoms with Gasteiger partial charge in [0, 0.05) is 82.2 Å². The first-order valence-corrected chi connectivity index (χ1v) is 56.7. The molecule has 0 heterocycles. The van der Waals surface area contributed by atoms with Crippen molar-refractivity contribution in [2.24, 2.45) is 0 Å². The number of rotatable bonds is 30. The van der Waals surface area contributed by atoms with Crippen LogP contribution < -0.4 is 63.7 Å². The second-order valence-electron chi connectivity index (χ2n) is 43.2. The minimum Gasteiger partial charge on any atom is -0.507 e. The summed E-state index contributed by atoms with van der Waals surface area (Å²) < 4.78 is 0. The molecular formula is C124H176N6O6P6. The molecule has 768 valence electrons. The van der Waals surface area contributed by atoms with Gasteiger partial charge >= 0.3 is 0 Å². The van der Waals surface area contributed by atoms with Crippen LogP contribution in [0.25, 0.3) is 0 Å². The van der Waals surface area contributed by atoms with Crippen LogP contribution in [0.3, 0.4) is 0 Å². The van der Waals surface area contributed by atoms with Crippen molar-refractivity contribution in [3.8, 4) is 34.5 Å². The second-order valence-corrected chi connectivity index (χ2v) is 50.9. The fraction of sp³-hybridized carbons (Fsp3) is 0.419. The number of nitrogens with zero attached hydrogens (tertiary/aromatic N) is 6. The molecule has 0 saturated carbocycles. The summed E-state index contributed by atoms with van der Waals surface area (Å²) >= 11 is 0. The summed E-state index contributed by atoms with van der Waals surface area (Å²) in [6.07, 6.45) is 0. The summed E-state index contributed by atoms with van der Waals surface area (Å²) in [5.41, 5.74) is 27.1. The molecule has 0 fully saturated rings. The van der Waals surface area contributed by atoms with Gasteiger partial charge in [-0.3, -0.25) is 0 Å². The van der Waals surface area contributed by atoms with Crippen molar-refractivity contribution >= 4 is 115 Å². The molecule has 142 heavy (non-hydrogen) atoms. The molecule has 0 aliphatic carbocycles. The minimum atomic E-state index is -0.0957. The van der Waals surface area contributed by atoms with Crippen LogP contribution in [0.5, 0.6) is 34.5 Å². The van der Waals surface area contributed by atoms with Gasteiger partial charge in [-0.1, -0.05) is 339 Å². The molecule has 0 aliphatic heterocycles. The number of aromatic hydroxyl groups is 6. The van der Waals surface area contributed by atoms with Crippen molar-refractivity contribution in [2.75, 3.05) is 81.6 Å². The largest absolute Gasteiger partial charge is 0.507 e. The van der Waals surface area contributed by atoms with E-state index in [1.807, 2.05) is 51.1 Å². The fourth-order valence-corrected chi connectivity index (χ4v) is 24.9. The Morgan fingerprint density at radius 3 is 0.746 bits per heavy atom. The molecule has 12 aromatic rings. The van der Waals surface area contributed by atoms with Gasteiger partial charge in [-0.2, -0.15) is 0 Å². The number of phenolic OH excluding ortho intramolecular Hbond substituents is 6. The molecule has 18 heteroatoms. The fourth-order valence-electron chi connectivity index (χ4n) is 16.5. The van der Waals surface area contributed by atoms with Crippen molar-refractivity contribution in [2.45, 2.75) is 269 Å². The molecule has 0 amide bonds. The summed E-state index contributed by atoms with van der Waals surface area (Å²) in [4.78, 5) is 13.9. The summed E-state index contributed by atoms with van der Waals surface area (Å²) in [7, 11) is 15.7. The zero-order chi connectivity index (χ0) is 106. The first-order chi connectivity index (χ1) is 66.5. The maximum atomic E-state index is 11.2. The van der Waals surface area contributed by atoms with Crippen LogP contribution in [-0.4, -0.2) is 142 Å². The van der Waals surface area contributed by atoms with E-state index in [1.54, 1.807) is 6.07 Å². The van der Waals surface area contributed by atoms with Crippen molar-refractivity contribution in [3.05, 3.63) is 317 Å². The van der Waals surface area contributed by atoms with Gasteiger partial charge in [0.2, 0.25) is 0 Å². The molecule has 6 unspecified atom stereocenters. The highest BCUT2D eigenvalue weighted by Gasteiger charge is 2.29. The molecule has 6 atom stereocenters. The Balaban J connectivity index is 0.000000232. The lowest BCUT2D eigenvalue weighted by Gasteiger charge is -2.28. The highest BCUT2D eigenvalue weighted by Crippen LogP contribution is 2.40. The molecule has 12 nitrogen and oxygen atoms in total. The van der Waals surface area contributed by atoms with Crippen LogP contribution >= 0.6 is 51.5 Å². The third-order valence-electron chi connectivity index (χ3n) is 26.4. The van der Waals surface area contributed by atoms with Gasteiger partial charge in [-0.15, -0.1) is 0 Å². The molecule has 12 aromatic carbocycles. The molecule has 0 radical (unpaired) electrons. The molecule has 0 bridgehead atoms. The summed E-state index contributed by atoms with van der Waals surface area (Å²) in [6.45, 7) is 76.5. The Labute approximate surface area is 870 Å². The smallest absolute Gasteiger partial charge is 0.127 e. The highest BCUT2D eigenvalue weighted by atomic mass is 31.1. The van der Waals surface area contributed by atoms with Crippen LogP contribution in [0.4, 0.5) is 0 Å². The van der Waals surface area contributed by atoms with E-state index in [1.165, 1.54) is 126 Å². The lowest BCUT2D eigenvalue weighted by atomic mass is 9.80. The molecule has 12 rings (SSSR count). The van der Waals surface area contributed by atoms with Gasteiger partial charge in [-0.25, -0.2) is 0 Å². The van der Waals surface area contributed by atoms with Crippen LogP contribution in [0.2, 0.25) is 0 Å². The molecular weight excluding hydrogens is 1860 g/mol. The number of para-hydroxylation sites is 1. The maximum Gasteiger partial charge on any atom is 0.127 e. The molecule has 0 aromatic heterocycles. The Hall–Kier alpha value is -8.22. The number of phenols is 6. The molecule has 0 spiro atoms. The third-order valence-corrected chi connectivity index (χ3v) is 36.2. The number of hydrogen-bond donors (Lipinski definition) is 6. The SMILES string of the molecule is CCN(C)Cc1cccc(C)c1Pc1cc(C(C)(C)C)cc(C(C)(C)C)c1O.CCN(C)Cc1cccc(C)c1Pc1cc(C(C)(C)C)cc(C)c1O.CCN(C)Cc1cccc(C)c1Pc1cc(C)cc(C(C)(C)C)c1O.CCN(C)Cc1cccc(C)c1Pc1cc(C)cc(C)c1O.CCN(C)Cc1cccc(C)c1Pc1cc(C)ccc1O.CCN(C)Cc1cccc(C)c1Pc1cccc(C)c1O. The van der Waals surface area contributed by atoms with Crippen molar-refractivity contribution in [3.63, 3.8) is 0 Å². The predicted octanol–water partition coefficient (Wildman–Crippen LogP) is 23.7. The van der Waals surface area contributed by atoms with Gasteiger partial charge in [-0.05, 0) is 360 Å². The van der Waals surface area contributed by atoms with Crippen molar-refractivity contribution in [1.82, 2.24) is 29.4 Å². The molecule has 6 N–H and O–H groups in total. The summed E-state index contributed by atoms with van der Waals surface area (Å²) in [6, 6.07) is 68.1. The lowest BCUT2D eigenvalue weighted by molar-refractivity contribution is 0.346. The average Bonchev–Trinajstić information content (AvgIpc) is 0.770. The van der Waals surface area contributed by atoms with E-state index in [4.69, 9.17) is 0 Å². The third kappa shape index (κ3) is 35.8. The zero-order valence-corrected chi connectivity index (χ0v) is 99.3. The topological polar surface area (TPSA) is 141 Å². The Morgan fingerprint density at radius 1 is 0.211 bits per heavy atom. The highest BCUT2D eigenvalue weighted by molar-refractivity contribution is 7.57. The summed E-state index contributed by atoms with van der Waals surface area (Å²) in [5.74, 6) is 2.67.